The van der Waals surface area contributed by atoms with Crippen molar-refractivity contribution in [3.05, 3.63) is 55.4 Å². The maximum absolute atomic E-state index is 12.3. The van der Waals surface area contributed by atoms with Crippen LogP contribution in [0.15, 0.2) is 43.7 Å². The summed E-state index contributed by atoms with van der Waals surface area (Å²) in [6, 6.07) is 5.41. The number of anilines is 1. The van der Waals surface area contributed by atoms with Gasteiger partial charge < -0.3 is 9.88 Å². The van der Waals surface area contributed by atoms with E-state index in [9.17, 15) is 19.2 Å². The van der Waals surface area contributed by atoms with E-state index in [1.165, 1.54) is 35.8 Å². The molecule has 1 aliphatic heterocycles. The largest absolute Gasteiger partial charge is 0.332 e. The monoisotopic (exact) mass is 473 g/mol. The third-order valence-corrected chi connectivity index (χ3v) is 5.32. The third kappa shape index (κ3) is 3.24. The Bertz CT molecular complexity index is 1350. The van der Waals surface area contributed by atoms with E-state index in [0.717, 1.165) is 14.6 Å². The SMILES string of the molecule is Cn1c(=O)c2ncn(CC(=O)NN=C[C@H]3C(=O)Nc4ccc(Br)cc43)c2n(C)c1=O. The molecule has 0 saturated heterocycles. The van der Waals surface area contributed by atoms with E-state index in [1.807, 2.05) is 12.1 Å². The lowest BCUT2D eigenvalue weighted by Gasteiger charge is -2.08. The maximum atomic E-state index is 12.3. The number of aryl methyl sites for hydroxylation is 1. The molecule has 0 aliphatic carbocycles. The van der Waals surface area contributed by atoms with Crippen molar-refractivity contribution < 1.29 is 9.59 Å². The second-order valence-corrected chi connectivity index (χ2v) is 7.68. The summed E-state index contributed by atoms with van der Waals surface area (Å²) in [7, 11) is 2.85. The zero-order valence-corrected chi connectivity index (χ0v) is 17.5. The van der Waals surface area contributed by atoms with Gasteiger partial charge in [-0.15, -0.1) is 0 Å². The van der Waals surface area contributed by atoms with E-state index >= 15 is 0 Å². The first kappa shape index (κ1) is 19.8. The minimum Gasteiger partial charge on any atom is -0.325 e. The van der Waals surface area contributed by atoms with Gasteiger partial charge in [0, 0.05) is 30.5 Å². The zero-order chi connectivity index (χ0) is 21.6. The molecule has 12 heteroatoms. The molecule has 3 heterocycles. The summed E-state index contributed by atoms with van der Waals surface area (Å²) in [5.74, 6) is -1.38. The van der Waals surface area contributed by atoms with Gasteiger partial charge in [0.15, 0.2) is 5.52 Å². The van der Waals surface area contributed by atoms with Gasteiger partial charge in [-0.1, -0.05) is 15.9 Å². The van der Waals surface area contributed by atoms with Crippen molar-refractivity contribution in [1.29, 1.82) is 0 Å². The van der Waals surface area contributed by atoms with Gasteiger partial charge in [0.2, 0.25) is 5.91 Å². The van der Waals surface area contributed by atoms with E-state index < -0.39 is 23.1 Å². The molecule has 0 spiro atoms. The van der Waals surface area contributed by atoms with Crippen molar-refractivity contribution in [2.24, 2.45) is 19.2 Å². The lowest BCUT2D eigenvalue weighted by molar-refractivity contribution is -0.121. The highest BCUT2D eigenvalue weighted by atomic mass is 79.9. The minimum atomic E-state index is -0.629. The second-order valence-electron chi connectivity index (χ2n) is 6.76. The highest BCUT2D eigenvalue weighted by molar-refractivity contribution is 9.10. The Morgan fingerprint density at radius 3 is 2.83 bits per heavy atom. The highest BCUT2D eigenvalue weighted by Gasteiger charge is 2.29. The lowest BCUT2D eigenvalue weighted by Crippen LogP contribution is -2.37. The van der Waals surface area contributed by atoms with E-state index in [2.05, 4.69) is 36.8 Å². The van der Waals surface area contributed by atoms with Gasteiger partial charge >= 0.3 is 5.69 Å². The van der Waals surface area contributed by atoms with Gasteiger partial charge in [0.1, 0.15) is 18.1 Å². The number of carbonyl (C=O) groups excluding carboxylic acids is 2. The van der Waals surface area contributed by atoms with Crippen molar-refractivity contribution in [2.45, 2.75) is 12.5 Å². The van der Waals surface area contributed by atoms with E-state index in [-0.39, 0.29) is 23.6 Å². The highest BCUT2D eigenvalue weighted by Crippen LogP contribution is 2.33. The molecule has 4 rings (SSSR count). The molecule has 3 aromatic rings. The molecule has 0 fully saturated rings. The first-order valence-corrected chi connectivity index (χ1v) is 9.60. The first-order chi connectivity index (χ1) is 14.3. The average molecular weight is 474 g/mol. The smallest absolute Gasteiger partial charge is 0.325 e. The molecule has 11 nitrogen and oxygen atoms in total. The summed E-state index contributed by atoms with van der Waals surface area (Å²) in [5, 5.41) is 6.65. The van der Waals surface area contributed by atoms with Gasteiger partial charge in [0.05, 0.1) is 6.33 Å². The van der Waals surface area contributed by atoms with Crippen LogP contribution in [0, 0.1) is 0 Å². The van der Waals surface area contributed by atoms with Crippen LogP contribution >= 0.6 is 15.9 Å². The molecule has 154 valence electrons. The zero-order valence-electron chi connectivity index (χ0n) is 15.9. The number of halogens is 1. The van der Waals surface area contributed by atoms with Crippen molar-refractivity contribution >= 4 is 50.8 Å². The van der Waals surface area contributed by atoms with Crippen LogP contribution in [-0.2, 0) is 30.2 Å². The van der Waals surface area contributed by atoms with Crippen molar-refractivity contribution in [3.8, 4) is 0 Å². The van der Waals surface area contributed by atoms with Crippen LogP contribution in [-0.4, -0.2) is 36.7 Å². The van der Waals surface area contributed by atoms with Crippen LogP contribution in [0.25, 0.3) is 11.2 Å². The Morgan fingerprint density at radius 1 is 1.30 bits per heavy atom. The van der Waals surface area contributed by atoms with E-state index in [0.29, 0.717) is 5.69 Å². The Kier molecular flexibility index (Phi) is 4.86. The molecule has 2 aromatic heterocycles. The third-order valence-electron chi connectivity index (χ3n) is 4.82. The number of rotatable bonds is 4. The number of carbonyl (C=O) groups is 2. The lowest BCUT2D eigenvalue weighted by atomic mass is 10.0. The summed E-state index contributed by atoms with van der Waals surface area (Å²) in [4.78, 5) is 52.8. The second kappa shape index (κ2) is 7.37. The van der Waals surface area contributed by atoms with Crippen LogP contribution in [0.4, 0.5) is 5.69 Å². The number of amides is 2. The summed E-state index contributed by atoms with van der Waals surface area (Å²) < 4.78 is 4.41. The summed E-state index contributed by atoms with van der Waals surface area (Å²) in [6.07, 6.45) is 2.66. The molecule has 0 bridgehead atoms. The quantitative estimate of drug-likeness (QED) is 0.407. The number of imidazole rings is 1. The van der Waals surface area contributed by atoms with Crippen LogP contribution in [0.2, 0.25) is 0 Å². The molecule has 0 saturated carbocycles. The van der Waals surface area contributed by atoms with Crippen LogP contribution in [0.1, 0.15) is 11.5 Å². The van der Waals surface area contributed by atoms with Crippen molar-refractivity contribution in [1.82, 2.24) is 24.1 Å². The molecular weight excluding hydrogens is 458 g/mol. The molecule has 0 radical (unpaired) electrons. The van der Waals surface area contributed by atoms with E-state index in [1.54, 1.807) is 6.07 Å². The standard InChI is InChI=1S/C18H16BrN7O4/c1-24-16-14(17(29)25(2)18(24)30)20-8-26(16)7-13(27)23-21-6-11-10-5-9(19)3-4-12(10)22-15(11)28/h3-6,8,11H,7H2,1-2H3,(H,22,28)(H,23,27)/t11-/m1/s1. The molecule has 30 heavy (non-hydrogen) atoms. The molecular formula is C18H16BrN7O4. The number of hydrogen-bond donors (Lipinski definition) is 2. The van der Waals surface area contributed by atoms with Crippen LogP contribution in [0.3, 0.4) is 0 Å². The molecule has 1 aliphatic rings. The van der Waals surface area contributed by atoms with E-state index in [4.69, 9.17) is 0 Å². The Hall–Kier alpha value is -3.54. The number of nitrogens with zero attached hydrogens (tertiary/aromatic N) is 5. The van der Waals surface area contributed by atoms with Crippen LogP contribution in [0.5, 0.6) is 0 Å². The van der Waals surface area contributed by atoms with Gasteiger partial charge in [-0.2, -0.15) is 5.10 Å². The maximum Gasteiger partial charge on any atom is 0.332 e. The Morgan fingerprint density at radius 2 is 2.07 bits per heavy atom. The fraction of sp³-hybridized carbons (Fsp3) is 0.222. The fourth-order valence-electron chi connectivity index (χ4n) is 3.33. The van der Waals surface area contributed by atoms with Crippen molar-refractivity contribution in [3.63, 3.8) is 0 Å². The predicted molar refractivity (Wildman–Crippen MR) is 112 cm³/mol. The Balaban J connectivity index is 1.52. The summed E-state index contributed by atoms with van der Waals surface area (Å²) in [5.41, 5.74) is 3.05. The fourth-order valence-corrected chi connectivity index (χ4v) is 3.71. The van der Waals surface area contributed by atoms with Crippen molar-refractivity contribution in [2.75, 3.05) is 5.32 Å². The van der Waals surface area contributed by atoms with Crippen LogP contribution < -0.4 is 22.0 Å². The molecule has 1 atom stereocenters. The number of aromatic nitrogens is 4. The molecule has 2 amide bonds. The minimum absolute atomic E-state index is 0.0840. The number of hydrazone groups is 1. The van der Waals surface area contributed by atoms with Gasteiger partial charge in [-0.05, 0) is 23.8 Å². The number of fused-ring (bicyclic) bond motifs is 2. The number of benzene rings is 1. The van der Waals surface area contributed by atoms with Gasteiger partial charge in [0.25, 0.3) is 11.5 Å². The topological polar surface area (TPSA) is 132 Å². The predicted octanol–water partition coefficient (Wildman–Crippen LogP) is 0.0341. The normalized spacial score (nSPS) is 15.6. The average Bonchev–Trinajstić information content (AvgIpc) is 3.26. The number of nitrogens with one attached hydrogen (secondary N) is 2. The van der Waals surface area contributed by atoms with Gasteiger partial charge in [-0.3, -0.25) is 23.5 Å². The molecule has 0 unspecified atom stereocenters. The Labute approximate surface area is 177 Å². The summed E-state index contributed by atoms with van der Waals surface area (Å²) in [6.45, 7) is -0.215. The molecule has 2 N–H and O–H groups in total. The van der Waals surface area contributed by atoms with Gasteiger partial charge in [-0.25, -0.2) is 15.2 Å². The first-order valence-electron chi connectivity index (χ1n) is 8.81. The summed E-state index contributed by atoms with van der Waals surface area (Å²) >= 11 is 3.37. The molecule has 1 aromatic carbocycles. The number of hydrogen-bond acceptors (Lipinski definition) is 6.